The molecule has 4 heterocycles. The summed E-state index contributed by atoms with van der Waals surface area (Å²) in [6.07, 6.45) is 5.42. The maximum absolute atomic E-state index is 11.9. The number of rotatable bonds is 7. The van der Waals surface area contributed by atoms with Crippen molar-refractivity contribution in [3.63, 3.8) is 0 Å². The second kappa shape index (κ2) is 10.3. The topological polar surface area (TPSA) is 84.3 Å². The van der Waals surface area contributed by atoms with E-state index in [0.717, 1.165) is 28.5 Å². The Hall–Kier alpha value is -4.08. The summed E-state index contributed by atoms with van der Waals surface area (Å²) in [7, 11) is 1.49. The van der Waals surface area contributed by atoms with Crippen LogP contribution in [0, 0.1) is 6.92 Å². The molecule has 2 atom stereocenters. The van der Waals surface area contributed by atoms with Crippen LogP contribution in [0.3, 0.4) is 0 Å². The number of aryl methyl sites for hydroxylation is 1. The molecule has 4 aromatic rings. The molecule has 3 aromatic heterocycles. The van der Waals surface area contributed by atoms with E-state index in [1.165, 1.54) is 7.11 Å². The monoisotopic (exact) mass is 498 g/mol. The average molecular weight is 499 g/mol. The van der Waals surface area contributed by atoms with Crippen LogP contribution in [0.4, 0.5) is 11.4 Å². The van der Waals surface area contributed by atoms with Crippen molar-refractivity contribution < 1.29 is 9.53 Å². The van der Waals surface area contributed by atoms with Crippen molar-refractivity contribution in [2.45, 2.75) is 19.0 Å². The molecule has 0 radical (unpaired) electrons. The summed E-state index contributed by atoms with van der Waals surface area (Å²) < 4.78 is 7.11. The van der Waals surface area contributed by atoms with Crippen LogP contribution in [0.5, 0.6) is 0 Å². The third-order valence-corrected chi connectivity index (χ3v) is 6.43. The van der Waals surface area contributed by atoms with Gasteiger partial charge in [-0.2, -0.15) is 0 Å². The third-order valence-electron chi connectivity index (χ3n) is 6.12. The molecule has 1 saturated heterocycles. The molecule has 182 valence electrons. The molecular formula is C27H26N6O2S. The van der Waals surface area contributed by atoms with E-state index in [0.29, 0.717) is 10.8 Å². The van der Waals surface area contributed by atoms with E-state index in [2.05, 4.69) is 49.1 Å². The number of hydrogen-bond acceptors (Lipinski definition) is 5. The molecule has 0 spiro atoms. The molecule has 5 rings (SSSR count). The van der Waals surface area contributed by atoms with E-state index in [4.69, 9.17) is 17.0 Å². The van der Waals surface area contributed by atoms with Gasteiger partial charge in [0.05, 0.1) is 23.6 Å². The van der Waals surface area contributed by atoms with Gasteiger partial charge in [-0.05, 0) is 79.8 Å². The summed E-state index contributed by atoms with van der Waals surface area (Å²) in [5.41, 5.74) is 5.60. The van der Waals surface area contributed by atoms with Gasteiger partial charge in [0, 0.05) is 42.3 Å². The summed E-state index contributed by atoms with van der Waals surface area (Å²) in [4.78, 5) is 23.0. The zero-order chi connectivity index (χ0) is 25.1. The maximum Gasteiger partial charge on any atom is 0.250 e. The Bertz CT molecular complexity index is 1360. The van der Waals surface area contributed by atoms with Crippen LogP contribution in [0.25, 0.3) is 5.69 Å². The molecule has 0 bridgehead atoms. The summed E-state index contributed by atoms with van der Waals surface area (Å²) in [6.45, 7) is 2.08. The lowest BCUT2D eigenvalue weighted by atomic mass is 10.0. The van der Waals surface area contributed by atoms with Gasteiger partial charge in [-0.25, -0.2) is 0 Å². The molecule has 9 heteroatoms. The lowest BCUT2D eigenvalue weighted by Crippen LogP contribution is -2.30. The largest absolute Gasteiger partial charge is 0.375 e. The second-order valence-corrected chi connectivity index (χ2v) is 8.86. The molecule has 1 aromatic carbocycles. The standard InChI is InChI=1S/C27H26N6O2S/c1-18-8-13-23(32(18)21-6-5-14-28-16-21)26-25(22-7-3-4-15-29-22)31-27(36)33(26)20-11-9-19(10-12-20)30-24(34)17-35-2/h3-16,25-26H,17H2,1-2H3,(H,30,34)(H,31,36)/t25-,26-/m1/s1. The number of aromatic nitrogens is 3. The minimum Gasteiger partial charge on any atom is -0.375 e. The number of carbonyl (C=O) groups excluding carboxylic acids is 1. The van der Waals surface area contributed by atoms with Crippen molar-refractivity contribution in [2.24, 2.45) is 0 Å². The number of pyridine rings is 2. The van der Waals surface area contributed by atoms with Crippen molar-refractivity contribution in [1.82, 2.24) is 19.9 Å². The van der Waals surface area contributed by atoms with Crippen LogP contribution in [-0.4, -0.2) is 39.3 Å². The second-order valence-electron chi connectivity index (χ2n) is 8.47. The van der Waals surface area contributed by atoms with E-state index in [-0.39, 0.29) is 24.6 Å². The summed E-state index contributed by atoms with van der Waals surface area (Å²) in [6, 6.07) is 21.4. The highest BCUT2D eigenvalue weighted by Crippen LogP contribution is 2.42. The number of nitrogens with one attached hydrogen (secondary N) is 2. The first-order valence-corrected chi connectivity index (χ1v) is 12.0. The number of nitrogens with zero attached hydrogens (tertiary/aromatic N) is 4. The minimum atomic E-state index is -0.207. The van der Waals surface area contributed by atoms with Crippen molar-refractivity contribution in [1.29, 1.82) is 0 Å². The molecule has 0 aliphatic carbocycles. The Morgan fingerprint density at radius 2 is 1.89 bits per heavy atom. The molecule has 8 nitrogen and oxygen atoms in total. The van der Waals surface area contributed by atoms with Crippen molar-refractivity contribution >= 4 is 34.6 Å². The van der Waals surface area contributed by atoms with Gasteiger partial charge in [0.2, 0.25) is 5.91 Å². The fourth-order valence-electron chi connectivity index (χ4n) is 4.60. The van der Waals surface area contributed by atoms with Crippen LogP contribution in [-0.2, 0) is 9.53 Å². The maximum atomic E-state index is 11.9. The van der Waals surface area contributed by atoms with Crippen molar-refractivity contribution in [2.75, 3.05) is 23.9 Å². The fraction of sp³-hybridized carbons (Fsp3) is 0.185. The SMILES string of the molecule is COCC(=O)Nc1ccc(N2C(=S)N[C@H](c3ccccn3)[C@H]2c2ccc(C)n2-c2cccnc2)cc1. The fourth-order valence-corrected chi connectivity index (χ4v) is 4.94. The highest BCUT2D eigenvalue weighted by molar-refractivity contribution is 7.80. The number of hydrogen-bond donors (Lipinski definition) is 2. The Balaban J connectivity index is 1.58. The number of anilines is 2. The Kier molecular flexibility index (Phi) is 6.75. The smallest absolute Gasteiger partial charge is 0.250 e. The first-order valence-electron chi connectivity index (χ1n) is 11.5. The number of methoxy groups -OCH3 is 1. The van der Waals surface area contributed by atoms with Crippen LogP contribution >= 0.6 is 12.2 Å². The molecule has 1 aliphatic rings. The molecule has 0 unspecified atom stereocenters. The van der Waals surface area contributed by atoms with E-state index in [9.17, 15) is 4.79 Å². The third kappa shape index (κ3) is 4.58. The summed E-state index contributed by atoms with van der Waals surface area (Å²) >= 11 is 5.86. The first kappa shape index (κ1) is 23.7. The van der Waals surface area contributed by atoms with E-state index >= 15 is 0 Å². The molecule has 1 fully saturated rings. The number of benzene rings is 1. The average Bonchev–Trinajstić information content (AvgIpc) is 3.45. The van der Waals surface area contributed by atoms with Crippen LogP contribution in [0.2, 0.25) is 0 Å². The Labute approximate surface area is 215 Å². The van der Waals surface area contributed by atoms with Crippen LogP contribution in [0.15, 0.2) is 85.3 Å². The predicted molar refractivity (Wildman–Crippen MR) is 143 cm³/mol. The van der Waals surface area contributed by atoms with E-state index in [1.807, 2.05) is 60.8 Å². The van der Waals surface area contributed by atoms with Crippen LogP contribution in [0.1, 0.15) is 29.2 Å². The summed E-state index contributed by atoms with van der Waals surface area (Å²) in [5, 5.41) is 6.93. The Morgan fingerprint density at radius 1 is 1.06 bits per heavy atom. The number of amides is 1. The van der Waals surface area contributed by atoms with Gasteiger partial charge in [0.25, 0.3) is 0 Å². The normalized spacial score (nSPS) is 17.2. The molecule has 2 N–H and O–H groups in total. The van der Waals surface area contributed by atoms with Crippen LogP contribution < -0.4 is 15.5 Å². The number of ether oxygens (including phenoxy) is 1. The molecule has 0 saturated carbocycles. The van der Waals surface area contributed by atoms with Gasteiger partial charge in [0.1, 0.15) is 12.6 Å². The van der Waals surface area contributed by atoms with Gasteiger partial charge in [-0.15, -0.1) is 0 Å². The molecule has 1 amide bonds. The quantitative estimate of drug-likeness (QED) is 0.367. The molecular weight excluding hydrogens is 472 g/mol. The number of thiocarbonyl (C=S) groups is 1. The van der Waals surface area contributed by atoms with E-state index in [1.54, 1.807) is 12.4 Å². The van der Waals surface area contributed by atoms with Gasteiger partial charge in [0.15, 0.2) is 5.11 Å². The van der Waals surface area contributed by atoms with Gasteiger partial charge in [-0.3, -0.25) is 14.8 Å². The van der Waals surface area contributed by atoms with Crippen molar-refractivity contribution in [3.05, 3.63) is 102 Å². The first-order chi connectivity index (χ1) is 17.6. The zero-order valence-corrected chi connectivity index (χ0v) is 20.8. The minimum absolute atomic E-state index is 0.000393. The highest BCUT2D eigenvalue weighted by Gasteiger charge is 2.42. The lowest BCUT2D eigenvalue weighted by Gasteiger charge is -2.29. The molecule has 36 heavy (non-hydrogen) atoms. The zero-order valence-electron chi connectivity index (χ0n) is 20.0. The number of carbonyl (C=O) groups is 1. The lowest BCUT2D eigenvalue weighted by molar-refractivity contribution is -0.119. The predicted octanol–water partition coefficient (Wildman–Crippen LogP) is 4.34. The molecule has 1 aliphatic heterocycles. The Morgan fingerprint density at radius 3 is 2.58 bits per heavy atom. The van der Waals surface area contributed by atoms with Gasteiger partial charge in [-0.1, -0.05) is 6.07 Å². The van der Waals surface area contributed by atoms with Crippen molar-refractivity contribution in [3.8, 4) is 5.69 Å². The van der Waals surface area contributed by atoms with Gasteiger partial charge < -0.3 is 24.8 Å². The summed E-state index contributed by atoms with van der Waals surface area (Å²) in [5.74, 6) is -0.207. The highest BCUT2D eigenvalue weighted by atomic mass is 32.1. The van der Waals surface area contributed by atoms with E-state index < -0.39 is 0 Å². The van der Waals surface area contributed by atoms with Gasteiger partial charge >= 0.3 is 0 Å².